The van der Waals surface area contributed by atoms with Gasteiger partial charge in [-0.05, 0) is 49.8 Å². The Morgan fingerprint density at radius 2 is 1.83 bits per heavy atom. The molecule has 1 saturated carbocycles. The third kappa shape index (κ3) is 3.71. The Kier molecular flexibility index (Phi) is 5.50. The van der Waals surface area contributed by atoms with E-state index in [0.29, 0.717) is 41.7 Å². The number of aryl methyl sites for hydroxylation is 1. The average molecular weight is 417 g/mol. The monoisotopic (exact) mass is 416 g/mol. The van der Waals surface area contributed by atoms with Crippen LogP contribution in [0.25, 0.3) is 11.2 Å². The highest BCUT2D eigenvalue weighted by atomic mass is 35.5. The van der Waals surface area contributed by atoms with Crippen molar-refractivity contribution in [2.75, 3.05) is 0 Å². The number of hydrogen-bond donors (Lipinski definition) is 0. The lowest BCUT2D eigenvalue weighted by molar-refractivity contribution is 0.186. The fraction of sp³-hybridized carbons (Fsp3) is 0.476. The van der Waals surface area contributed by atoms with Gasteiger partial charge in [0.2, 0.25) is 0 Å². The molecule has 154 valence electrons. The number of aromatic nitrogens is 4. The molecule has 1 fully saturated rings. The first-order chi connectivity index (χ1) is 14.0. The van der Waals surface area contributed by atoms with Crippen molar-refractivity contribution in [1.29, 1.82) is 0 Å². The Bertz CT molecular complexity index is 1140. The summed E-state index contributed by atoms with van der Waals surface area (Å²) in [4.78, 5) is 30.5. The Labute approximate surface area is 173 Å². The van der Waals surface area contributed by atoms with Crippen LogP contribution >= 0.6 is 11.6 Å². The van der Waals surface area contributed by atoms with Crippen LogP contribution in [0.3, 0.4) is 0 Å². The van der Waals surface area contributed by atoms with E-state index in [-0.39, 0.29) is 17.4 Å². The number of benzene rings is 1. The summed E-state index contributed by atoms with van der Waals surface area (Å²) in [5.74, 6) is 0. The molecule has 8 heteroatoms. The Morgan fingerprint density at radius 3 is 2.48 bits per heavy atom. The lowest BCUT2D eigenvalue weighted by atomic mass is 10.2. The van der Waals surface area contributed by atoms with Gasteiger partial charge in [-0.3, -0.25) is 18.5 Å². The standard InChI is InChI=1S/C21H25ClN4O3/c1-3-12-25-19(27)17-18(24(2)21(25)28)23-20(29-16-6-4-5-7-16)26(17)13-14-8-10-15(22)11-9-14/h8-11,16H,3-7,12-13H2,1-2H3. The molecule has 4 rings (SSSR count). The smallest absolute Gasteiger partial charge is 0.332 e. The molecule has 2 heterocycles. The molecule has 29 heavy (non-hydrogen) atoms. The van der Waals surface area contributed by atoms with Gasteiger partial charge in [-0.1, -0.05) is 30.7 Å². The lowest BCUT2D eigenvalue weighted by Gasteiger charge is -2.14. The second-order valence-electron chi connectivity index (χ2n) is 7.60. The number of ether oxygens (including phenoxy) is 1. The summed E-state index contributed by atoms with van der Waals surface area (Å²) in [6.45, 7) is 2.72. The average Bonchev–Trinajstić information content (AvgIpc) is 3.34. The topological polar surface area (TPSA) is 71.1 Å². The van der Waals surface area contributed by atoms with E-state index in [1.54, 1.807) is 11.6 Å². The molecule has 0 unspecified atom stereocenters. The largest absolute Gasteiger partial charge is 0.461 e. The molecule has 1 aliphatic carbocycles. The van der Waals surface area contributed by atoms with Crippen LogP contribution in [0.4, 0.5) is 0 Å². The number of nitrogens with zero attached hydrogens (tertiary/aromatic N) is 4. The molecule has 0 radical (unpaired) electrons. The molecular weight excluding hydrogens is 392 g/mol. The summed E-state index contributed by atoms with van der Waals surface area (Å²) in [6, 6.07) is 7.86. The van der Waals surface area contributed by atoms with Crippen LogP contribution in [0.5, 0.6) is 6.01 Å². The second-order valence-corrected chi connectivity index (χ2v) is 8.04. The van der Waals surface area contributed by atoms with Crippen molar-refractivity contribution in [2.24, 2.45) is 7.05 Å². The van der Waals surface area contributed by atoms with Gasteiger partial charge in [0, 0.05) is 18.6 Å². The third-order valence-electron chi connectivity index (χ3n) is 5.47. The molecule has 7 nitrogen and oxygen atoms in total. The van der Waals surface area contributed by atoms with Gasteiger partial charge in [0.1, 0.15) is 6.10 Å². The number of imidazole rings is 1. The zero-order chi connectivity index (χ0) is 20.5. The van der Waals surface area contributed by atoms with E-state index >= 15 is 0 Å². The first-order valence-electron chi connectivity index (χ1n) is 10.1. The van der Waals surface area contributed by atoms with Crippen molar-refractivity contribution in [3.8, 4) is 6.01 Å². The normalized spacial score (nSPS) is 14.7. The van der Waals surface area contributed by atoms with Crippen LogP contribution < -0.4 is 16.0 Å². The van der Waals surface area contributed by atoms with Crippen molar-refractivity contribution in [1.82, 2.24) is 18.7 Å². The first-order valence-corrected chi connectivity index (χ1v) is 10.5. The minimum Gasteiger partial charge on any atom is -0.461 e. The van der Waals surface area contributed by atoms with Crippen LogP contribution in [-0.4, -0.2) is 24.8 Å². The van der Waals surface area contributed by atoms with Crippen LogP contribution in [0.2, 0.25) is 5.02 Å². The highest BCUT2D eigenvalue weighted by Gasteiger charge is 2.24. The Hall–Kier alpha value is -2.54. The molecule has 0 amide bonds. The SMILES string of the molecule is CCCn1c(=O)c2c(nc(OC3CCCC3)n2Cc2ccc(Cl)cc2)n(C)c1=O. The van der Waals surface area contributed by atoms with E-state index in [2.05, 4.69) is 4.98 Å². The van der Waals surface area contributed by atoms with Crippen LogP contribution in [0.1, 0.15) is 44.6 Å². The minimum atomic E-state index is -0.354. The van der Waals surface area contributed by atoms with Gasteiger partial charge in [0.15, 0.2) is 11.2 Å². The third-order valence-corrected chi connectivity index (χ3v) is 5.72. The van der Waals surface area contributed by atoms with Crippen molar-refractivity contribution in [2.45, 2.75) is 58.2 Å². The fourth-order valence-corrected chi connectivity index (χ4v) is 4.06. The van der Waals surface area contributed by atoms with E-state index in [1.165, 1.54) is 9.13 Å². The summed E-state index contributed by atoms with van der Waals surface area (Å²) in [6.07, 6.45) is 4.99. The van der Waals surface area contributed by atoms with Gasteiger partial charge in [-0.2, -0.15) is 4.98 Å². The number of hydrogen-bond acceptors (Lipinski definition) is 4. The summed E-state index contributed by atoms with van der Waals surface area (Å²) in [5, 5.41) is 0.652. The molecule has 3 aromatic rings. The molecule has 1 aromatic carbocycles. The predicted octanol–water partition coefficient (Wildman–Crippen LogP) is 3.33. The zero-order valence-electron chi connectivity index (χ0n) is 16.7. The Morgan fingerprint density at radius 1 is 1.14 bits per heavy atom. The number of fused-ring (bicyclic) bond motifs is 1. The summed E-state index contributed by atoms with van der Waals surface area (Å²) in [5.41, 5.74) is 1.04. The van der Waals surface area contributed by atoms with E-state index in [4.69, 9.17) is 16.3 Å². The van der Waals surface area contributed by atoms with E-state index in [9.17, 15) is 9.59 Å². The van der Waals surface area contributed by atoms with Gasteiger partial charge in [0.25, 0.3) is 11.6 Å². The molecule has 0 aliphatic heterocycles. The second kappa shape index (κ2) is 8.06. The molecular formula is C21H25ClN4O3. The van der Waals surface area contributed by atoms with E-state index in [1.807, 2.05) is 31.2 Å². The molecule has 0 saturated heterocycles. The summed E-state index contributed by atoms with van der Waals surface area (Å²) >= 11 is 6.02. The lowest BCUT2D eigenvalue weighted by Crippen LogP contribution is -2.39. The molecule has 2 aromatic heterocycles. The highest BCUT2D eigenvalue weighted by Crippen LogP contribution is 2.26. The summed E-state index contributed by atoms with van der Waals surface area (Å²) in [7, 11) is 1.65. The van der Waals surface area contributed by atoms with Crippen molar-refractivity contribution in [3.05, 3.63) is 55.7 Å². The number of rotatable bonds is 6. The highest BCUT2D eigenvalue weighted by molar-refractivity contribution is 6.30. The molecule has 0 atom stereocenters. The number of halogens is 1. The van der Waals surface area contributed by atoms with Gasteiger partial charge in [0.05, 0.1) is 6.54 Å². The molecule has 0 spiro atoms. The maximum atomic E-state index is 13.2. The van der Waals surface area contributed by atoms with Crippen molar-refractivity contribution < 1.29 is 4.74 Å². The van der Waals surface area contributed by atoms with E-state index in [0.717, 1.165) is 31.2 Å². The summed E-state index contributed by atoms with van der Waals surface area (Å²) < 4.78 is 10.7. The van der Waals surface area contributed by atoms with Crippen LogP contribution in [0, 0.1) is 0 Å². The Balaban J connectivity index is 1.91. The van der Waals surface area contributed by atoms with Crippen molar-refractivity contribution >= 4 is 22.8 Å². The maximum Gasteiger partial charge on any atom is 0.332 e. The van der Waals surface area contributed by atoms with Crippen LogP contribution in [0.15, 0.2) is 33.9 Å². The molecule has 0 N–H and O–H groups in total. The van der Waals surface area contributed by atoms with Crippen molar-refractivity contribution in [3.63, 3.8) is 0 Å². The molecule has 0 bridgehead atoms. The van der Waals surface area contributed by atoms with Gasteiger partial charge >= 0.3 is 5.69 Å². The molecule has 1 aliphatic rings. The quantitative estimate of drug-likeness (QED) is 0.618. The predicted molar refractivity (Wildman–Crippen MR) is 113 cm³/mol. The fourth-order valence-electron chi connectivity index (χ4n) is 3.94. The zero-order valence-corrected chi connectivity index (χ0v) is 17.5. The van der Waals surface area contributed by atoms with Crippen LogP contribution in [-0.2, 0) is 20.1 Å². The van der Waals surface area contributed by atoms with Gasteiger partial charge in [-0.25, -0.2) is 4.79 Å². The minimum absolute atomic E-state index is 0.0886. The maximum absolute atomic E-state index is 13.2. The van der Waals surface area contributed by atoms with Gasteiger partial charge in [-0.15, -0.1) is 0 Å². The van der Waals surface area contributed by atoms with Gasteiger partial charge < -0.3 is 4.74 Å². The van der Waals surface area contributed by atoms with E-state index < -0.39 is 0 Å². The first kappa shape index (κ1) is 19.8.